The van der Waals surface area contributed by atoms with Gasteiger partial charge in [0.15, 0.2) is 0 Å². The molecule has 2 aromatic carbocycles. The van der Waals surface area contributed by atoms with Gasteiger partial charge in [-0.15, -0.1) is 0 Å². The molecule has 0 radical (unpaired) electrons. The van der Waals surface area contributed by atoms with Crippen LogP contribution in [0.3, 0.4) is 0 Å². The second-order valence-corrected chi connectivity index (χ2v) is 3.90. The average molecular weight is 230 g/mol. The molecule has 2 rings (SSSR count). The fraction of sp³-hybridized carbons (Fsp3) is 0.143. The zero-order chi connectivity index (χ0) is 12.4. The molecular formula is C14H14O3. The van der Waals surface area contributed by atoms with Gasteiger partial charge in [0.05, 0.1) is 0 Å². The van der Waals surface area contributed by atoms with Gasteiger partial charge in [-0.3, -0.25) is 0 Å². The minimum atomic E-state index is 0.0862. The highest BCUT2D eigenvalue weighted by atomic mass is 16.3. The monoisotopic (exact) mass is 230 g/mol. The molecule has 88 valence electrons. The number of aryl methyl sites for hydroxylation is 1. The van der Waals surface area contributed by atoms with Crippen LogP contribution in [-0.4, -0.2) is 15.3 Å². The van der Waals surface area contributed by atoms with Gasteiger partial charge < -0.3 is 15.3 Å². The first kappa shape index (κ1) is 11.3. The minimum Gasteiger partial charge on any atom is -0.508 e. The van der Waals surface area contributed by atoms with E-state index < -0.39 is 0 Å². The SMILES string of the molecule is CCc1ccc(O)cc1-c1cc(O)ccc1O. The van der Waals surface area contributed by atoms with E-state index in [1.807, 2.05) is 13.0 Å². The van der Waals surface area contributed by atoms with Crippen molar-refractivity contribution >= 4 is 0 Å². The lowest BCUT2D eigenvalue weighted by Crippen LogP contribution is -1.88. The summed E-state index contributed by atoms with van der Waals surface area (Å²) < 4.78 is 0. The molecule has 0 aliphatic heterocycles. The maximum absolute atomic E-state index is 9.81. The Balaban J connectivity index is 2.66. The zero-order valence-corrected chi connectivity index (χ0v) is 9.51. The standard InChI is InChI=1S/C14H14O3/c1-2-9-3-4-10(15)7-12(9)13-8-11(16)5-6-14(13)17/h3-8,15-17H,2H2,1H3. The Morgan fingerprint density at radius 1 is 0.824 bits per heavy atom. The maximum atomic E-state index is 9.81. The van der Waals surface area contributed by atoms with Gasteiger partial charge in [0.25, 0.3) is 0 Å². The summed E-state index contributed by atoms with van der Waals surface area (Å²) in [6.45, 7) is 2.00. The molecule has 0 aliphatic rings. The summed E-state index contributed by atoms with van der Waals surface area (Å²) in [5.74, 6) is 0.311. The quantitative estimate of drug-likeness (QED) is 0.695. The van der Waals surface area contributed by atoms with Crippen molar-refractivity contribution in [1.82, 2.24) is 0 Å². The highest BCUT2D eigenvalue weighted by Gasteiger charge is 2.10. The van der Waals surface area contributed by atoms with Crippen molar-refractivity contribution < 1.29 is 15.3 Å². The molecule has 0 amide bonds. The van der Waals surface area contributed by atoms with Crippen LogP contribution in [0.2, 0.25) is 0 Å². The van der Waals surface area contributed by atoms with E-state index in [-0.39, 0.29) is 17.2 Å². The third-order valence-corrected chi connectivity index (χ3v) is 2.74. The number of rotatable bonds is 2. The van der Waals surface area contributed by atoms with Crippen molar-refractivity contribution in [2.24, 2.45) is 0 Å². The Kier molecular flexibility index (Phi) is 2.91. The summed E-state index contributed by atoms with van der Waals surface area (Å²) >= 11 is 0. The Bertz CT molecular complexity index is 547. The lowest BCUT2D eigenvalue weighted by molar-refractivity contribution is 0.461. The second-order valence-electron chi connectivity index (χ2n) is 3.90. The molecule has 0 aliphatic carbocycles. The third-order valence-electron chi connectivity index (χ3n) is 2.74. The molecule has 0 atom stereocenters. The lowest BCUT2D eigenvalue weighted by Gasteiger charge is -2.10. The van der Waals surface area contributed by atoms with E-state index in [9.17, 15) is 15.3 Å². The molecule has 0 fully saturated rings. The molecule has 0 heterocycles. The Labute approximate surface area is 99.6 Å². The van der Waals surface area contributed by atoms with Gasteiger partial charge in [-0.2, -0.15) is 0 Å². The van der Waals surface area contributed by atoms with Gasteiger partial charge in [-0.05, 0) is 47.9 Å². The van der Waals surface area contributed by atoms with Gasteiger partial charge in [-0.25, -0.2) is 0 Å². The van der Waals surface area contributed by atoms with E-state index in [4.69, 9.17) is 0 Å². The zero-order valence-electron chi connectivity index (χ0n) is 9.51. The molecule has 2 aromatic rings. The van der Waals surface area contributed by atoms with Crippen LogP contribution in [0.5, 0.6) is 17.2 Å². The van der Waals surface area contributed by atoms with Crippen LogP contribution in [0.25, 0.3) is 11.1 Å². The van der Waals surface area contributed by atoms with Crippen molar-refractivity contribution in [1.29, 1.82) is 0 Å². The molecule has 0 saturated heterocycles. The molecule has 3 heteroatoms. The second kappa shape index (κ2) is 4.37. The Hall–Kier alpha value is -2.16. The van der Waals surface area contributed by atoms with Crippen LogP contribution >= 0.6 is 0 Å². The van der Waals surface area contributed by atoms with Gasteiger partial charge in [0.1, 0.15) is 17.2 Å². The summed E-state index contributed by atoms with van der Waals surface area (Å²) in [6, 6.07) is 9.37. The minimum absolute atomic E-state index is 0.0862. The summed E-state index contributed by atoms with van der Waals surface area (Å²) in [4.78, 5) is 0. The van der Waals surface area contributed by atoms with Crippen LogP contribution in [0, 0.1) is 0 Å². The van der Waals surface area contributed by atoms with Crippen LogP contribution in [-0.2, 0) is 6.42 Å². The summed E-state index contributed by atoms with van der Waals surface area (Å²) in [7, 11) is 0. The van der Waals surface area contributed by atoms with Crippen molar-refractivity contribution in [2.45, 2.75) is 13.3 Å². The van der Waals surface area contributed by atoms with Crippen LogP contribution in [0.4, 0.5) is 0 Å². The van der Waals surface area contributed by atoms with E-state index in [1.54, 1.807) is 12.1 Å². The summed E-state index contributed by atoms with van der Waals surface area (Å²) in [5.41, 5.74) is 2.27. The fourth-order valence-electron chi connectivity index (χ4n) is 1.86. The molecule has 3 N–H and O–H groups in total. The van der Waals surface area contributed by atoms with E-state index in [0.717, 1.165) is 17.5 Å². The lowest BCUT2D eigenvalue weighted by atomic mass is 9.97. The molecule has 0 aromatic heterocycles. The normalized spacial score (nSPS) is 10.4. The van der Waals surface area contributed by atoms with E-state index in [1.165, 1.54) is 18.2 Å². The highest BCUT2D eigenvalue weighted by Crippen LogP contribution is 2.36. The van der Waals surface area contributed by atoms with E-state index in [0.29, 0.717) is 5.56 Å². The smallest absolute Gasteiger partial charge is 0.123 e. The van der Waals surface area contributed by atoms with Crippen molar-refractivity contribution in [2.75, 3.05) is 0 Å². The topological polar surface area (TPSA) is 60.7 Å². The molecular weight excluding hydrogens is 216 g/mol. The van der Waals surface area contributed by atoms with E-state index >= 15 is 0 Å². The van der Waals surface area contributed by atoms with Gasteiger partial charge in [-0.1, -0.05) is 13.0 Å². The summed E-state index contributed by atoms with van der Waals surface area (Å²) in [5, 5.41) is 28.8. The average Bonchev–Trinajstić information content (AvgIpc) is 2.32. The number of phenols is 3. The number of hydrogen-bond acceptors (Lipinski definition) is 3. The fourth-order valence-corrected chi connectivity index (χ4v) is 1.86. The first-order valence-corrected chi connectivity index (χ1v) is 5.46. The number of hydrogen-bond donors (Lipinski definition) is 3. The third kappa shape index (κ3) is 2.18. The number of phenolic OH excluding ortho intramolecular Hbond substituents is 3. The van der Waals surface area contributed by atoms with Crippen LogP contribution in [0.1, 0.15) is 12.5 Å². The Morgan fingerprint density at radius 2 is 1.41 bits per heavy atom. The Morgan fingerprint density at radius 3 is 2.06 bits per heavy atom. The molecule has 3 nitrogen and oxygen atoms in total. The molecule has 17 heavy (non-hydrogen) atoms. The van der Waals surface area contributed by atoms with Crippen LogP contribution in [0.15, 0.2) is 36.4 Å². The first-order chi connectivity index (χ1) is 8.11. The molecule has 0 bridgehead atoms. The first-order valence-electron chi connectivity index (χ1n) is 5.46. The van der Waals surface area contributed by atoms with Crippen molar-refractivity contribution in [3.05, 3.63) is 42.0 Å². The predicted molar refractivity (Wildman–Crippen MR) is 66.3 cm³/mol. The number of benzene rings is 2. The largest absolute Gasteiger partial charge is 0.508 e. The van der Waals surface area contributed by atoms with Crippen molar-refractivity contribution in [3.63, 3.8) is 0 Å². The van der Waals surface area contributed by atoms with Gasteiger partial charge in [0, 0.05) is 5.56 Å². The van der Waals surface area contributed by atoms with Gasteiger partial charge in [0.2, 0.25) is 0 Å². The predicted octanol–water partition coefficient (Wildman–Crippen LogP) is 3.03. The van der Waals surface area contributed by atoms with Gasteiger partial charge >= 0.3 is 0 Å². The molecule has 0 unspecified atom stereocenters. The van der Waals surface area contributed by atoms with E-state index in [2.05, 4.69) is 0 Å². The van der Waals surface area contributed by atoms with Crippen LogP contribution < -0.4 is 0 Å². The molecule has 0 saturated carbocycles. The highest BCUT2D eigenvalue weighted by molar-refractivity contribution is 5.75. The van der Waals surface area contributed by atoms with Crippen molar-refractivity contribution in [3.8, 4) is 28.4 Å². The summed E-state index contributed by atoms with van der Waals surface area (Å²) in [6.07, 6.45) is 0.782. The maximum Gasteiger partial charge on any atom is 0.123 e. The number of aromatic hydroxyl groups is 3. The molecule has 0 spiro atoms.